The summed E-state index contributed by atoms with van der Waals surface area (Å²) in [5.74, 6) is 0.557. The average molecular weight is 208 g/mol. The number of aryl methyl sites for hydroxylation is 1. The first-order valence-electron chi connectivity index (χ1n) is 5.51. The van der Waals surface area contributed by atoms with Crippen molar-refractivity contribution in [2.45, 2.75) is 38.7 Å². The quantitative estimate of drug-likeness (QED) is 0.778. The van der Waals surface area contributed by atoms with Gasteiger partial charge in [-0.2, -0.15) is 0 Å². The third-order valence-corrected chi connectivity index (χ3v) is 2.62. The fraction of sp³-hybridized carbons (Fsp3) is 0.538. The second kappa shape index (κ2) is 5.89. The van der Waals surface area contributed by atoms with E-state index >= 15 is 0 Å². The molecule has 1 unspecified atom stereocenters. The summed E-state index contributed by atoms with van der Waals surface area (Å²) in [4.78, 5) is 0. The van der Waals surface area contributed by atoms with Gasteiger partial charge in [0.1, 0.15) is 0 Å². The van der Waals surface area contributed by atoms with E-state index in [1.807, 2.05) is 0 Å². The topological polar surface area (TPSA) is 40.5 Å². The summed E-state index contributed by atoms with van der Waals surface area (Å²) < 4.78 is 0. The van der Waals surface area contributed by atoms with Crippen LogP contribution in [0.25, 0.3) is 0 Å². The molecule has 0 radical (unpaired) electrons. The van der Waals surface area contributed by atoms with Crippen molar-refractivity contribution >= 4 is 0 Å². The molecule has 0 fully saturated rings. The molecule has 84 valence electrons. The second-order valence-electron chi connectivity index (χ2n) is 4.27. The van der Waals surface area contributed by atoms with Crippen LogP contribution in [0.15, 0.2) is 24.3 Å². The van der Waals surface area contributed by atoms with Gasteiger partial charge in [0.2, 0.25) is 0 Å². The summed E-state index contributed by atoms with van der Waals surface area (Å²) in [6.45, 7) is 4.19. The highest BCUT2D eigenvalue weighted by Gasteiger charge is 2.03. The van der Waals surface area contributed by atoms with Crippen molar-refractivity contribution in [2.24, 2.45) is 0 Å². The van der Waals surface area contributed by atoms with E-state index in [1.165, 1.54) is 11.1 Å². The van der Waals surface area contributed by atoms with E-state index in [-0.39, 0.29) is 6.61 Å². The predicted octanol–water partition coefficient (Wildman–Crippen LogP) is 2.10. The number of benzene rings is 1. The van der Waals surface area contributed by atoms with Gasteiger partial charge in [-0.05, 0) is 29.9 Å². The summed E-state index contributed by atoms with van der Waals surface area (Å²) in [7, 11) is 0. The van der Waals surface area contributed by atoms with E-state index in [0.29, 0.717) is 12.3 Å². The average Bonchev–Trinajstić information content (AvgIpc) is 2.26. The third kappa shape index (κ3) is 4.02. The molecule has 1 rings (SSSR count). The zero-order valence-corrected chi connectivity index (χ0v) is 9.48. The van der Waals surface area contributed by atoms with Crippen LogP contribution in [0.4, 0.5) is 0 Å². The monoisotopic (exact) mass is 208 g/mol. The number of aliphatic hydroxyl groups is 2. The molecule has 1 atom stereocenters. The molecular formula is C13H20O2. The van der Waals surface area contributed by atoms with Crippen molar-refractivity contribution in [1.29, 1.82) is 0 Å². The Morgan fingerprint density at radius 3 is 2.20 bits per heavy atom. The fourth-order valence-corrected chi connectivity index (χ4v) is 1.49. The van der Waals surface area contributed by atoms with Gasteiger partial charge in [-0.15, -0.1) is 0 Å². The first kappa shape index (κ1) is 12.2. The van der Waals surface area contributed by atoms with Gasteiger partial charge in [-0.1, -0.05) is 38.1 Å². The fourth-order valence-electron chi connectivity index (χ4n) is 1.49. The van der Waals surface area contributed by atoms with Gasteiger partial charge in [0.05, 0.1) is 12.7 Å². The van der Waals surface area contributed by atoms with Gasteiger partial charge in [0, 0.05) is 0 Å². The molecule has 0 saturated carbocycles. The number of rotatable bonds is 5. The van der Waals surface area contributed by atoms with Gasteiger partial charge in [0.15, 0.2) is 0 Å². The zero-order valence-electron chi connectivity index (χ0n) is 9.48. The van der Waals surface area contributed by atoms with Gasteiger partial charge < -0.3 is 10.2 Å². The first-order chi connectivity index (χ1) is 7.13. The molecule has 0 spiro atoms. The lowest BCUT2D eigenvalue weighted by molar-refractivity contribution is 0.0886. The molecule has 15 heavy (non-hydrogen) atoms. The second-order valence-corrected chi connectivity index (χ2v) is 4.27. The maximum absolute atomic E-state index is 9.21. The third-order valence-electron chi connectivity index (χ3n) is 2.62. The molecule has 0 bridgehead atoms. The number of aliphatic hydroxyl groups excluding tert-OH is 2. The van der Waals surface area contributed by atoms with Gasteiger partial charge >= 0.3 is 0 Å². The van der Waals surface area contributed by atoms with Crippen molar-refractivity contribution < 1.29 is 10.2 Å². The molecular weight excluding hydrogens is 188 g/mol. The molecule has 2 nitrogen and oxygen atoms in total. The van der Waals surface area contributed by atoms with Crippen LogP contribution in [-0.4, -0.2) is 22.9 Å². The van der Waals surface area contributed by atoms with Crippen LogP contribution >= 0.6 is 0 Å². The molecule has 0 aliphatic heterocycles. The predicted molar refractivity (Wildman–Crippen MR) is 61.9 cm³/mol. The Bertz CT molecular complexity index is 277. The first-order valence-corrected chi connectivity index (χ1v) is 5.51. The highest BCUT2D eigenvalue weighted by Crippen LogP contribution is 2.15. The van der Waals surface area contributed by atoms with E-state index in [9.17, 15) is 5.11 Å². The Labute approximate surface area is 91.6 Å². The maximum Gasteiger partial charge on any atom is 0.0774 e. The van der Waals surface area contributed by atoms with Crippen molar-refractivity contribution in [3.05, 3.63) is 35.4 Å². The van der Waals surface area contributed by atoms with Crippen LogP contribution in [0, 0.1) is 0 Å². The van der Waals surface area contributed by atoms with E-state index in [2.05, 4.69) is 38.1 Å². The molecule has 1 aromatic rings. The molecule has 0 saturated heterocycles. The normalized spacial score (nSPS) is 13.1. The van der Waals surface area contributed by atoms with Crippen molar-refractivity contribution in [2.75, 3.05) is 6.61 Å². The molecule has 0 aliphatic carbocycles. The summed E-state index contributed by atoms with van der Waals surface area (Å²) >= 11 is 0. The Hall–Kier alpha value is -0.860. The lowest BCUT2D eigenvalue weighted by atomic mass is 10.00. The van der Waals surface area contributed by atoms with E-state index in [1.54, 1.807) is 0 Å². The molecule has 1 aromatic carbocycles. The standard InChI is InChI=1S/C13H20O2/c1-10(2)12-6-3-11(4-7-12)5-8-13(15)9-14/h3-4,6-7,10,13-15H,5,8-9H2,1-2H3. The smallest absolute Gasteiger partial charge is 0.0774 e. The van der Waals surface area contributed by atoms with Crippen molar-refractivity contribution in [3.63, 3.8) is 0 Å². The SMILES string of the molecule is CC(C)c1ccc(CCC(O)CO)cc1. The van der Waals surface area contributed by atoms with Crippen LogP contribution in [0.5, 0.6) is 0 Å². The molecule has 0 heterocycles. The molecule has 0 aliphatic rings. The van der Waals surface area contributed by atoms with Crippen molar-refractivity contribution in [1.82, 2.24) is 0 Å². The van der Waals surface area contributed by atoms with E-state index < -0.39 is 6.10 Å². The van der Waals surface area contributed by atoms with Gasteiger partial charge in [-0.25, -0.2) is 0 Å². The summed E-state index contributed by atoms with van der Waals surface area (Å²) in [6.07, 6.45) is 0.854. The van der Waals surface area contributed by atoms with Crippen LogP contribution in [0.1, 0.15) is 37.3 Å². The molecule has 2 N–H and O–H groups in total. The zero-order chi connectivity index (χ0) is 11.3. The van der Waals surface area contributed by atoms with Crippen molar-refractivity contribution in [3.8, 4) is 0 Å². The summed E-state index contributed by atoms with van der Waals surface area (Å²) in [5, 5.41) is 17.9. The summed E-state index contributed by atoms with van der Waals surface area (Å²) in [5.41, 5.74) is 2.55. The lowest BCUT2D eigenvalue weighted by Gasteiger charge is -2.08. The molecule has 0 amide bonds. The Kier molecular flexibility index (Phi) is 4.79. The van der Waals surface area contributed by atoms with E-state index in [0.717, 1.165) is 6.42 Å². The minimum atomic E-state index is -0.588. The molecule has 2 heteroatoms. The number of hydrogen-bond donors (Lipinski definition) is 2. The van der Waals surface area contributed by atoms with Crippen LogP contribution < -0.4 is 0 Å². The highest BCUT2D eigenvalue weighted by atomic mass is 16.3. The Balaban J connectivity index is 2.50. The Morgan fingerprint density at radius 1 is 1.13 bits per heavy atom. The van der Waals surface area contributed by atoms with Crippen LogP contribution in [0.3, 0.4) is 0 Å². The van der Waals surface area contributed by atoms with E-state index in [4.69, 9.17) is 5.11 Å². The summed E-state index contributed by atoms with van der Waals surface area (Å²) in [6, 6.07) is 8.45. The Morgan fingerprint density at radius 2 is 1.73 bits per heavy atom. The number of hydrogen-bond acceptors (Lipinski definition) is 2. The highest BCUT2D eigenvalue weighted by molar-refractivity contribution is 5.24. The minimum absolute atomic E-state index is 0.149. The van der Waals surface area contributed by atoms with Gasteiger partial charge in [0.25, 0.3) is 0 Å². The largest absolute Gasteiger partial charge is 0.394 e. The van der Waals surface area contributed by atoms with Crippen LogP contribution in [0.2, 0.25) is 0 Å². The maximum atomic E-state index is 9.21. The minimum Gasteiger partial charge on any atom is -0.394 e. The molecule has 0 aromatic heterocycles. The van der Waals surface area contributed by atoms with Crippen LogP contribution in [-0.2, 0) is 6.42 Å². The lowest BCUT2D eigenvalue weighted by Crippen LogP contribution is -2.12. The van der Waals surface area contributed by atoms with Gasteiger partial charge in [-0.3, -0.25) is 0 Å².